The highest BCUT2D eigenvalue weighted by Gasteiger charge is 2.22. The van der Waals surface area contributed by atoms with Gasteiger partial charge in [-0.15, -0.1) is 0 Å². The molecule has 0 aliphatic carbocycles. The molecular weight excluding hydrogens is 274 g/mol. The van der Waals surface area contributed by atoms with E-state index in [0.29, 0.717) is 24.2 Å². The van der Waals surface area contributed by atoms with Gasteiger partial charge >= 0.3 is 0 Å². The zero-order valence-corrected chi connectivity index (χ0v) is 12.8. The van der Waals surface area contributed by atoms with Gasteiger partial charge in [-0.3, -0.25) is 0 Å². The lowest BCUT2D eigenvalue weighted by atomic mass is 9.90. The summed E-state index contributed by atoms with van der Waals surface area (Å²) in [6.07, 6.45) is 4.53. The second kappa shape index (κ2) is 6.23. The fraction of sp³-hybridized carbons (Fsp3) is 0.625. The van der Waals surface area contributed by atoms with Crippen LogP contribution in [-0.2, 0) is 6.42 Å². The van der Waals surface area contributed by atoms with Crippen molar-refractivity contribution < 1.29 is 9.47 Å². The fourth-order valence-electron chi connectivity index (χ4n) is 3.09. The predicted octanol–water partition coefficient (Wildman–Crippen LogP) is 3.35. The molecule has 1 fully saturated rings. The van der Waals surface area contributed by atoms with Gasteiger partial charge in [-0.1, -0.05) is 11.6 Å². The Morgan fingerprint density at radius 2 is 2.05 bits per heavy atom. The maximum Gasteiger partial charge on any atom is 0.180 e. The monoisotopic (exact) mass is 295 g/mol. The van der Waals surface area contributed by atoms with Crippen molar-refractivity contribution in [3.63, 3.8) is 0 Å². The minimum Gasteiger partial charge on any atom is -0.489 e. The minimum absolute atomic E-state index is 0.679. The van der Waals surface area contributed by atoms with Gasteiger partial charge in [0.25, 0.3) is 0 Å². The lowest BCUT2D eigenvalue weighted by molar-refractivity contribution is 0.296. The molecule has 0 radical (unpaired) electrons. The smallest absolute Gasteiger partial charge is 0.180 e. The molecule has 0 bridgehead atoms. The summed E-state index contributed by atoms with van der Waals surface area (Å²) < 4.78 is 11.6. The summed E-state index contributed by atoms with van der Waals surface area (Å²) in [6, 6.07) is 2.07. The summed E-state index contributed by atoms with van der Waals surface area (Å²) in [4.78, 5) is 0. The SMILES string of the molecule is Cc1c(CC2CCCNC2)cc(Cl)c2c1OCCCO2. The molecule has 1 aromatic carbocycles. The van der Waals surface area contributed by atoms with Crippen molar-refractivity contribution in [3.8, 4) is 11.5 Å². The number of piperidine rings is 1. The summed E-state index contributed by atoms with van der Waals surface area (Å²) >= 11 is 6.39. The highest BCUT2D eigenvalue weighted by atomic mass is 35.5. The summed E-state index contributed by atoms with van der Waals surface area (Å²) in [7, 11) is 0. The predicted molar refractivity (Wildman–Crippen MR) is 81.1 cm³/mol. The molecule has 3 nitrogen and oxygen atoms in total. The molecule has 0 spiro atoms. The zero-order chi connectivity index (χ0) is 13.9. The van der Waals surface area contributed by atoms with Crippen molar-refractivity contribution in [2.75, 3.05) is 26.3 Å². The van der Waals surface area contributed by atoms with Crippen LogP contribution < -0.4 is 14.8 Å². The van der Waals surface area contributed by atoms with Crippen molar-refractivity contribution in [3.05, 3.63) is 22.2 Å². The van der Waals surface area contributed by atoms with E-state index in [0.717, 1.165) is 37.4 Å². The Labute approximate surface area is 125 Å². The van der Waals surface area contributed by atoms with Crippen molar-refractivity contribution in [1.29, 1.82) is 0 Å². The van der Waals surface area contributed by atoms with Crippen molar-refractivity contribution >= 4 is 11.6 Å². The highest BCUT2D eigenvalue weighted by Crippen LogP contribution is 2.42. The van der Waals surface area contributed by atoms with E-state index in [1.54, 1.807) is 0 Å². The molecule has 20 heavy (non-hydrogen) atoms. The van der Waals surface area contributed by atoms with Crippen LogP contribution in [-0.4, -0.2) is 26.3 Å². The molecule has 1 aromatic rings. The van der Waals surface area contributed by atoms with Crippen LogP contribution in [0.4, 0.5) is 0 Å². The standard InChI is InChI=1S/C16H22ClNO2/c1-11-13(8-12-4-2-5-18-10-12)9-14(17)16-15(11)19-6-3-7-20-16/h9,12,18H,2-8,10H2,1H3. The first-order chi connectivity index (χ1) is 9.75. The van der Waals surface area contributed by atoms with Gasteiger partial charge in [-0.05, 0) is 62.4 Å². The average molecular weight is 296 g/mol. The van der Waals surface area contributed by atoms with Crippen molar-refractivity contribution in [2.45, 2.75) is 32.6 Å². The first-order valence-corrected chi connectivity index (χ1v) is 7.92. The quantitative estimate of drug-likeness (QED) is 0.907. The van der Waals surface area contributed by atoms with Crippen LogP contribution in [0, 0.1) is 12.8 Å². The second-order valence-electron chi connectivity index (χ2n) is 5.77. The van der Waals surface area contributed by atoms with E-state index in [2.05, 4.69) is 18.3 Å². The molecule has 4 heteroatoms. The minimum atomic E-state index is 0.679. The normalized spacial score (nSPS) is 22.4. The Morgan fingerprint density at radius 3 is 2.80 bits per heavy atom. The largest absolute Gasteiger partial charge is 0.489 e. The Bertz CT molecular complexity index is 484. The van der Waals surface area contributed by atoms with Crippen LogP contribution in [0.2, 0.25) is 5.02 Å². The number of rotatable bonds is 2. The number of ether oxygens (including phenoxy) is 2. The molecule has 1 N–H and O–H groups in total. The lowest BCUT2D eigenvalue weighted by Gasteiger charge is -2.24. The van der Waals surface area contributed by atoms with Gasteiger partial charge in [-0.2, -0.15) is 0 Å². The van der Waals surface area contributed by atoms with Crippen LogP contribution >= 0.6 is 11.6 Å². The van der Waals surface area contributed by atoms with Gasteiger partial charge in [0, 0.05) is 6.42 Å². The molecular formula is C16H22ClNO2. The fourth-order valence-corrected chi connectivity index (χ4v) is 3.36. The molecule has 1 unspecified atom stereocenters. The molecule has 2 heterocycles. The number of benzene rings is 1. The number of hydrogen-bond donors (Lipinski definition) is 1. The first kappa shape index (κ1) is 14.0. The summed E-state index contributed by atoms with van der Waals surface area (Å²) in [5, 5.41) is 4.16. The van der Waals surface area contributed by atoms with Gasteiger partial charge in [0.1, 0.15) is 0 Å². The Hall–Kier alpha value is -0.930. The van der Waals surface area contributed by atoms with Crippen LogP contribution in [0.5, 0.6) is 11.5 Å². The van der Waals surface area contributed by atoms with Gasteiger partial charge in [0.15, 0.2) is 11.5 Å². The van der Waals surface area contributed by atoms with Gasteiger partial charge in [0.2, 0.25) is 0 Å². The van der Waals surface area contributed by atoms with Gasteiger partial charge in [-0.25, -0.2) is 0 Å². The maximum atomic E-state index is 6.39. The van der Waals surface area contributed by atoms with E-state index < -0.39 is 0 Å². The Morgan fingerprint density at radius 1 is 1.25 bits per heavy atom. The van der Waals surface area contributed by atoms with E-state index >= 15 is 0 Å². The van der Waals surface area contributed by atoms with Crippen LogP contribution in [0.1, 0.15) is 30.4 Å². The molecule has 0 saturated carbocycles. The topological polar surface area (TPSA) is 30.5 Å². The van der Waals surface area contributed by atoms with Crippen LogP contribution in [0.25, 0.3) is 0 Å². The van der Waals surface area contributed by atoms with Gasteiger partial charge in [0.05, 0.1) is 18.2 Å². The third kappa shape index (κ3) is 2.89. The number of nitrogens with one attached hydrogen (secondary N) is 1. The lowest BCUT2D eigenvalue weighted by Crippen LogP contribution is -2.31. The second-order valence-corrected chi connectivity index (χ2v) is 6.17. The molecule has 2 aliphatic rings. The van der Waals surface area contributed by atoms with E-state index in [1.165, 1.54) is 24.0 Å². The first-order valence-electron chi connectivity index (χ1n) is 7.54. The van der Waals surface area contributed by atoms with E-state index in [1.807, 2.05) is 0 Å². The number of fused-ring (bicyclic) bond motifs is 1. The third-order valence-corrected chi connectivity index (χ3v) is 4.52. The number of hydrogen-bond acceptors (Lipinski definition) is 3. The highest BCUT2D eigenvalue weighted by molar-refractivity contribution is 6.32. The molecule has 1 atom stereocenters. The van der Waals surface area contributed by atoms with E-state index in [-0.39, 0.29) is 0 Å². The molecule has 0 aromatic heterocycles. The molecule has 1 saturated heterocycles. The van der Waals surface area contributed by atoms with Crippen LogP contribution in [0.3, 0.4) is 0 Å². The third-order valence-electron chi connectivity index (χ3n) is 4.24. The molecule has 3 rings (SSSR count). The molecule has 2 aliphatic heterocycles. The average Bonchev–Trinajstić information content (AvgIpc) is 2.72. The Kier molecular flexibility index (Phi) is 4.37. The zero-order valence-electron chi connectivity index (χ0n) is 12.0. The number of halogens is 1. The molecule has 110 valence electrons. The van der Waals surface area contributed by atoms with Crippen molar-refractivity contribution in [2.24, 2.45) is 5.92 Å². The Balaban J connectivity index is 1.87. The maximum absolute atomic E-state index is 6.39. The van der Waals surface area contributed by atoms with E-state index in [9.17, 15) is 0 Å². The van der Waals surface area contributed by atoms with E-state index in [4.69, 9.17) is 21.1 Å². The van der Waals surface area contributed by atoms with Crippen LogP contribution in [0.15, 0.2) is 6.07 Å². The summed E-state index contributed by atoms with van der Waals surface area (Å²) in [5.74, 6) is 2.28. The van der Waals surface area contributed by atoms with Gasteiger partial charge < -0.3 is 14.8 Å². The summed E-state index contributed by atoms with van der Waals surface area (Å²) in [6.45, 7) is 5.76. The summed E-state index contributed by atoms with van der Waals surface area (Å²) in [5.41, 5.74) is 2.49. The van der Waals surface area contributed by atoms with Crippen molar-refractivity contribution in [1.82, 2.24) is 5.32 Å². The molecule has 0 amide bonds.